The maximum atomic E-state index is 13.0. The van der Waals surface area contributed by atoms with Crippen molar-refractivity contribution in [3.05, 3.63) is 71.4 Å². The third-order valence-corrected chi connectivity index (χ3v) is 4.77. The van der Waals surface area contributed by atoms with Gasteiger partial charge in [-0.3, -0.25) is 9.69 Å². The minimum absolute atomic E-state index is 0.107. The standard InChI is InChI=1S/C20H17FN4O3/c1-12-3-7-14(8-4-12)20(2)18(26)25(19(27)23-20)11-16-22-17(24-28-16)13-5-9-15(21)10-6-13/h3-10H,11H2,1-2H3,(H,23,27). The topological polar surface area (TPSA) is 88.3 Å². The molecule has 0 aliphatic carbocycles. The average molecular weight is 380 g/mol. The normalized spacial score (nSPS) is 19.2. The van der Waals surface area contributed by atoms with Gasteiger partial charge < -0.3 is 9.84 Å². The van der Waals surface area contributed by atoms with E-state index in [1.807, 2.05) is 31.2 Å². The van der Waals surface area contributed by atoms with E-state index >= 15 is 0 Å². The van der Waals surface area contributed by atoms with Crippen LogP contribution in [0.5, 0.6) is 0 Å². The summed E-state index contributed by atoms with van der Waals surface area (Å²) in [4.78, 5) is 30.6. The van der Waals surface area contributed by atoms with Crippen LogP contribution in [0, 0.1) is 12.7 Å². The first-order valence-electron chi connectivity index (χ1n) is 8.66. The number of amides is 3. The smallest absolute Gasteiger partial charge is 0.325 e. The van der Waals surface area contributed by atoms with Crippen LogP contribution in [0.3, 0.4) is 0 Å². The zero-order valence-electron chi connectivity index (χ0n) is 15.3. The molecule has 0 radical (unpaired) electrons. The van der Waals surface area contributed by atoms with Gasteiger partial charge in [-0.2, -0.15) is 4.98 Å². The number of carbonyl (C=O) groups is 2. The van der Waals surface area contributed by atoms with Gasteiger partial charge in [0.15, 0.2) is 0 Å². The molecule has 3 aromatic rings. The monoisotopic (exact) mass is 380 g/mol. The van der Waals surface area contributed by atoms with Gasteiger partial charge in [0.05, 0.1) is 0 Å². The van der Waals surface area contributed by atoms with Crippen molar-refractivity contribution in [1.82, 2.24) is 20.4 Å². The summed E-state index contributed by atoms with van der Waals surface area (Å²) in [6.07, 6.45) is 0. The van der Waals surface area contributed by atoms with Crippen LogP contribution in [0.4, 0.5) is 9.18 Å². The molecule has 1 atom stereocenters. The van der Waals surface area contributed by atoms with Gasteiger partial charge in [-0.25, -0.2) is 9.18 Å². The zero-order valence-corrected chi connectivity index (χ0v) is 15.3. The van der Waals surface area contributed by atoms with E-state index in [0.717, 1.165) is 10.5 Å². The van der Waals surface area contributed by atoms with E-state index in [-0.39, 0.29) is 24.1 Å². The van der Waals surface area contributed by atoms with Gasteiger partial charge in [0, 0.05) is 5.56 Å². The zero-order chi connectivity index (χ0) is 19.9. The number of imide groups is 1. The Morgan fingerprint density at radius 2 is 1.79 bits per heavy atom. The Bertz CT molecular complexity index is 1050. The van der Waals surface area contributed by atoms with Gasteiger partial charge in [0.2, 0.25) is 11.7 Å². The molecule has 3 amide bonds. The van der Waals surface area contributed by atoms with Crippen LogP contribution >= 0.6 is 0 Å². The number of benzene rings is 2. The fourth-order valence-corrected chi connectivity index (χ4v) is 3.09. The first-order chi connectivity index (χ1) is 13.4. The second-order valence-corrected chi connectivity index (χ2v) is 6.83. The number of aromatic nitrogens is 2. The molecule has 142 valence electrons. The second-order valence-electron chi connectivity index (χ2n) is 6.83. The van der Waals surface area contributed by atoms with Crippen molar-refractivity contribution in [3.8, 4) is 11.4 Å². The maximum absolute atomic E-state index is 13.0. The molecular weight excluding hydrogens is 363 g/mol. The SMILES string of the molecule is Cc1ccc(C2(C)NC(=O)N(Cc3nc(-c4ccc(F)cc4)no3)C2=O)cc1. The van der Waals surface area contributed by atoms with Gasteiger partial charge in [0.25, 0.3) is 5.91 Å². The average Bonchev–Trinajstić information content (AvgIpc) is 3.22. The number of hydrogen-bond donors (Lipinski definition) is 1. The molecule has 0 spiro atoms. The molecule has 7 nitrogen and oxygen atoms in total. The lowest BCUT2D eigenvalue weighted by Crippen LogP contribution is -2.40. The number of halogens is 1. The third kappa shape index (κ3) is 3.02. The van der Waals surface area contributed by atoms with Crippen molar-refractivity contribution in [1.29, 1.82) is 0 Å². The number of rotatable bonds is 4. The molecule has 2 aromatic carbocycles. The van der Waals surface area contributed by atoms with Gasteiger partial charge in [0.1, 0.15) is 17.9 Å². The quantitative estimate of drug-likeness (QED) is 0.703. The first-order valence-corrected chi connectivity index (χ1v) is 8.66. The molecule has 1 aliphatic rings. The number of urea groups is 1. The number of hydrogen-bond acceptors (Lipinski definition) is 5. The van der Waals surface area contributed by atoms with Crippen molar-refractivity contribution >= 4 is 11.9 Å². The highest BCUT2D eigenvalue weighted by Gasteiger charge is 2.49. The van der Waals surface area contributed by atoms with Crippen LogP contribution in [-0.4, -0.2) is 27.0 Å². The van der Waals surface area contributed by atoms with Gasteiger partial charge in [-0.1, -0.05) is 35.0 Å². The molecule has 1 unspecified atom stereocenters. The van der Waals surface area contributed by atoms with Crippen molar-refractivity contribution < 1.29 is 18.5 Å². The fraction of sp³-hybridized carbons (Fsp3) is 0.200. The van der Waals surface area contributed by atoms with Gasteiger partial charge in [-0.15, -0.1) is 0 Å². The summed E-state index contributed by atoms with van der Waals surface area (Å²) in [6.45, 7) is 3.46. The summed E-state index contributed by atoms with van der Waals surface area (Å²) in [5, 5.41) is 6.57. The number of nitrogens with zero attached hydrogens (tertiary/aromatic N) is 3. The summed E-state index contributed by atoms with van der Waals surface area (Å²) >= 11 is 0. The van der Waals surface area contributed by atoms with E-state index in [1.54, 1.807) is 6.92 Å². The Morgan fingerprint density at radius 3 is 2.46 bits per heavy atom. The molecule has 0 bridgehead atoms. The molecular formula is C20H17FN4O3. The molecule has 4 rings (SSSR count). The lowest BCUT2D eigenvalue weighted by atomic mass is 9.91. The highest BCUT2D eigenvalue weighted by Crippen LogP contribution is 2.30. The van der Waals surface area contributed by atoms with E-state index in [4.69, 9.17) is 4.52 Å². The maximum Gasteiger partial charge on any atom is 0.325 e. The molecule has 1 aromatic heterocycles. The summed E-state index contributed by atoms with van der Waals surface area (Å²) in [5.41, 5.74) is 1.15. The largest absolute Gasteiger partial charge is 0.337 e. The van der Waals surface area contributed by atoms with E-state index in [0.29, 0.717) is 11.1 Å². The summed E-state index contributed by atoms with van der Waals surface area (Å²) in [7, 11) is 0. The lowest BCUT2D eigenvalue weighted by molar-refractivity contribution is -0.131. The van der Waals surface area contributed by atoms with Crippen molar-refractivity contribution in [2.75, 3.05) is 0 Å². The molecule has 28 heavy (non-hydrogen) atoms. The minimum atomic E-state index is -1.16. The number of nitrogens with one attached hydrogen (secondary N) is 1. The molecule has 2 heterocycles. The number of carbonyl (C=O) groups excluding carboxylic acids is 2. The Hall–Kier alpha value is -3.55. The molecule has 1 saturated heterocycles. The Balaban J connectivity index is 1.55. The molecule has 0 saturated carbocycles. The summed E-state index contributed by atoms with van der Waals surface area (Å²) in [6, 6.07) is 12.5. The van der Waals surface area contributed by atoms with Crippen LogP contribution in [0.25, 0.3) is 11.4 Å². The predicted molar refractivity (Wildman–Crippen MR) is 97.3 cm³/mol. The van der Waals surface area contributed by atoms with E-state index in [2.05, 4.69) is 15.5 Å². The molecule has 1 fully saturated rings. The van der Waals surface area contributed by atoms with Crippen molar-refractivity contribution in [2.24, 2.45) is 0 Å². The highest BCUT2D eigenvalue weighted by atomic mass is 19.1. The van der Waals surface area contributed by atoms with Crippen molar-refractivity contribution in [3.63, 3.8) is 0 Å². The summed E-state index contributed by atoms with van der Waals surface area (Å²) < 4.78 is 18.2. The van der Waals surface area contributed by atoms with E-state index < -0.39 is 17.5 Å². The minimum Gasteiger partial charge on any atom is -0.337 e. The van der Waals surface area contributed by atoms with E-state index in [1.165, 1.54) is 24.3 Å². The molecule has 8 heteroatoms. The third-order valence-electron chi connectivity index (χ3n) is 4.77. The Morgan fingerprint density at radius 1 is 1.11 bits per heavy atom. The number of aryl methyl sites for hydroxylation is 1. The van der Waals surface area contributed by atoms with Crippen LogP contribution in [0.1, 0.15) is 23.9 Å². The van der Waals surface area contributed by atoms with Crippen molar-refractivity contribution in [2.45, 2.75) is 25.9 Å². The first kappa shape index (κ1) is 17.8. The fourth-order valence-electron chi connectivity index (χ4n) is 3.09. The predicted octanol–water partition coefficient (Wildman–Crippen LogP) is 3.15. The van der Waals surface area contributed by atoms with Crippen LogP contribution in [0.15, 0.2) is 53.1 Å². The lowest BCUT2D eigenvalue weighted by Gasteiger charge is -2.22. The van der Waals surface area contributed by atoms with Crippen LogP contribution in [-0.2, 0) is 16.9 Å². The van der Waals surface area contributed by atoms with Gasteiger partial charge in [-0.05, 0) is 43.7 Å². The Kier molecular flexibility index (Phi) is 4.18. The molecule has 1 N–H and O–H groups in total. The van der Waals surface area contributed by atoms with E-state index in [9.17, 15) is 14.0 Å². The van der Waals surface area contributed by atoms with Crippen LogP contribution in [0.2, 0.25) is 0 Å². The van der Waals surface area contributed by atoms with Gasteiger partial charge >= 0.3 is 6.03 Å². The second kappa shape index (κ2) is 6.56. The summed E-state index contributed by atoms with van der Waals surface area (Å²) in [5.74, 6) is -0.413. The Labute approximate surface area is 160 Å². The molecule has 1 aliphatic heterocycles. The highest BCUT2D eigenvalue weighted by molar-refractivity contribution is 6.07. The van der Waals surface area contributed by atoms with Crippen LogP contribution < -0.4 is 5.32 Å².